The SMILES string of the molecule is CCC(O)COc1c(Cl)cc(Cl)cc1C=O. The molecule has 0 radical (unpaired) electrons. The van der Waals surface area contributed by atoms with Crippen molar-refractivity contribution in [2.24, 2.45) is 0 Å². The monoisotopic (exact) mass is 262 g/mol. The Labute approximate surface area is 104 Å². The van der Waals surface area contributed by atoms with Crippen LogP contribution in [0.15, 0.2) is 12.1 Å². The first-order valence-electron chi connectivity index (χ1n) is 4.83. The average molecular weight is 263 g/mol. The topological polar surface area (TPSA) is 46.5 Å². The van der Waals surface area contributed by atoms with Crippen molar-refractivity contribution in [3.05, 3.63) is 27.7 Å². The van der Waals surface area contributed by atoms with Crippen LogP contribution in [0.25, 0.3) is 0 Å². The Morgan fingerprint density at radius 2 is 2.19 bits per heavy atom. The predicted molar refractivity (Wildman–Crippen MR) is 63.6 cm³/mol. The summed E-state index contributed by atoms with van der Waals surface area (Å²) >= 11 is 11.6. The van der Waals surface area contributed by atoms with E-state index in [1.165, 1.54) is 12.1 Å². The number of hydrogen-bond acceptors (Lipinski definition) is 3. The molecule has 16 heavy (non-hydrogen) atoms. The van der Waals surface area contributed by atoms with Gasteiger partial charge in [0.2, 0.25) is 0 Å². The number of aliphatic hydroxyl groups is 1. The van der Waals surface area contributed by atoms with Gasteiger partial charge in [0.1, 0.15) is 12.4 Å². The minimum Gasteiger partial charge on any atom is -0.489 e. The summed E-state index contributed by atoms with van der Waals surface area (Å²) in [7, 11) is 0. The molecule has 1 N–H and O–H groups in total. The van der Waals surface area contributed by atoms with Crippen molar-refractivity contribution in [2.45, 2.75) is 19.4 Å². The van der Waals surface area contributed by atoms with Crippen LogP contribution in [-0.4, -0.2) is 24.1 Å². The zero-order valence-electron chi connectivity index (χ0n) is 8.74. The number of benzene rings is 1. The van der Waals surface area contributed by atoms with E-state index in [2.05, 4.69) is 0 Å². The van der Waals surface area contributed by atoms with Crippen LogP contribution in [0.1, 0.15) is 23.7 Å². The van der Waals surface area contributed by atoms with E-state index in [9.17, 15) is 9.90 Å². The second-order valence-electron chi connectivity index (χ2n) is 3.30. The molecule has 0 aliphatic rings. The Morgan fingerprint density at radius 1 is 1.50 bits per heavy atom. The summed E-state index contributed by atoms with van der Waals surface area (Å²) in [5.41, 5.74) is 0.279. The van der Waals surface area contributed by atoms with Crippen LogP contribution in [0.5, 0.6) is 5.75 Å². The molecule has 0 aromatic heterocycles. The van der Waals surface area contributed by atoms with Gasteiger partial charge in [0.05, 0.1) is 16.7 Å². The maximum absolute atomic E-state index is 10.8. The van der Waals surface area contributed by atoms with Gasteiger partial charge in [0.25, 0.3) is 0 Å². The summed E-state index contributed by atoms with van der Waals surface area (Å²) in [6.07, 6.45) is 0.610. The molecular weight excluding hydrogens is 251 g/mol. The molecule has 3 nitrogen and oxygen atoms in total. The fourth-order valence-electron chi connectivity index (χ4n) is 1.12. The number of aliphatic hydroxyl groups excluding tert-OH is 1. The summed E-state index contributed by atoms with van der Waals surface area (Å²) in [6, 6.07) is 2.96. The van der Waals surface area contributed by atoms with Crippen LogP contribution in [-0.2, 0) is 0 Å². The third-order valence-corrected chi connectivity index (χ3v) is 2.55. The number of carbonyl (C=O) groups excluding carboxylic acids is 1. The predicted octanol–water partition coefficient (Wildman–Crippen LogP) is 2.96. The average Bonchev–Trinajstić information content (AvgIpc) is 2.26. The van der Waals surface area contributed by atoms with Gasteiger partial charge in [-0.15, -0.1) is 0 Å². The largest absolute Gasteiger partial charge is 0.489 e. The molecule has 0 aliphatic heterocycles. The van der Waals surface area contributed by atoms with Crippen molar-refractivity contribution in [3.8, 4) is 5.75 Å². The van der Waals surface area contributed by atoms with Gasteiger partial charge >= 0.3 is 0 Å². The van der Waals surface area contributed by atoms with Crippen LogP contribution in [0.3, 0.4) is 0 Å². The first-order chi connectivity index (χ1) is 7.58. The van der Waals surface area contributed by atoms with Gasteiger partial charge in [-0.3, -0.25) is 4.79 Å². The number of rotatable bonds is 5. The lowest BCUT2D eigenvalue weighted by atomic mass is 10.2. The molecule has 0 amide bonds. The highest BCUT2D eigenvalue weighted by Gasteiger charge is 2.11. The Kier molecular flexibility index (Phi) is 5.06. The van der Waals surface area contributed by atoms with Crippen LogP contribution in [0, 0.1) is 0 Å². The van der Waals surface area contributed by atoms with Crippen LogP contribution >= 0.6 is 23.2 Å². The van der Waals surface area contributed by atoms with Gasteiger partial charge in [-0.05, 0) is 18.6 Å². The van der Waals surface area contributed by atoms with E-state index in [0.29, 0.717) is 17.7 Å². The number of hydrogen-bond donors (Lipinski definition) is 1. The molecule has 0 aliphatic carbocycles. The fraction of sp³-hybridized carbons (Fsp3) is 0.364. The van der Waals surface area contributed by atoms with Crippen molar-refractivity contribution in [1.29, 1.82) is 0 Å². The molecule has 1 unspecified atom stereocenters. The summed E-state index contributed by atoms with van der Waals surface area (Å²) in [4.78, 5) is 10.8. The van der Waals surface area contributed by atoms with Gasteiger partial charge in [-0.2, -0.15) is 0 Å². The number of halogens is 2. The maximum Gasteiger partial charge on any atom is 0.153 e. The second-order valence-corrected chi connectivity index (χ2v) is 4.14. The first-order valence-corrected chi connectivity index (χ1v) is 5.59. The van der Waals surface area contributed by atoms with E-state index in [1.807, 2.05) is 6.92 Å². The van der Waals surface area contributed by atoms with E-state index in [-0.39, 0.29) is 22.9 Å². The molecular formula is C11H12Cl2O3. The highest BCUT2D eigenvalue weighted by atomic mass is 35.5. The van der Waals surface area contributed by atoms with Crippen molar-refractivity contribution < 1.29 is 14.6 Å². The quantitative estimate of drug-likeness (QED) is 0.831. The van der Waals surface area contributed by atoms with E-state index in [0.717, 1.165) is 0 Å². The molecule has 1 aromatic rings. The maximum atomic E-state index is 10.8. The molecule has 88 valence electrons. The zero-order chi connectivity index (χ0) is 12.1. The molecule has 0 spiro atoms. The zero-order valence-corrected chi connectivity index (χ0v) is 10.3. The summed E-state index contributed by atoms with van der Waals surface area (Å²) in [5.74, 6) is 0.258. The molecule has 0 saturated carbocycles. The minimum absolute atomic E-state index is 0.0959. The molecule has 0 saturated heterocycles. The van der Waals surface area contributed by atoms with Gasteiger partial charge in [0.15, 0.2) is 6.29 Å². The van der Waals surface area contributed by atoms with Crippen LogP contribution in [0.2, 0.25) is 10.0 Å². The second kappa shape index (κ2) is 6.09. The molecule has 0 fully saturated rings. The third-order valence-electron chi connectivity index (χ3n) is 2.06. The lowest BCUT2D eigenvalue weighted by Gasteiger charge is -2.13. The van der Waals surface area contributed by atoms with E-state index >= 15 is 0 Å². The Bertz CT molecular complexity index is 380. The standard InChI is InChI=1S/C11H12Cl2O3/c1-2-9(15)6-16-11-7(5-14)3-8(12)4-10(11)13/h3-5,9,15H,2,6H2,1H3. The lowest BCUT2D eigenvalue weighted by molar-refractivity contribution is 0.101. The fourth-order valence-corrected chi connectivity index (χ4v) is 1.68. The van der Waals surface area contributed by atoms with Crippen LogP contribution in [0.4, 0.5) is 0 Å². The van der Waals surface area contributed by atoms with Crippen molar-refractivity contribution in [1.82, 2.24) is 0 Å². The first kappa shape index (κ1) is 13.3. The van der Waals surface area contributed by atoms with Gasteiger partial charge in [-0.25, -0.2) is 0 Å². The minimum atomic E-state index is -0.578. The summed E-state index contributed by atoms with van der Waals surface area (Å²) < 4.78 is 5.29. The number of ether oxygens (including phenoxy) is 1. The van der Waals surface area contributed by atoms with Crippen molar-refractivity contribution in [3.63, 3.8) is 0 Å². The van der Waals surface area contributed by atoms with E-state index in [4.69, 9.17) is 27.9 Å². The van der Waals surface area contributed by atoms with E-state index < -0.39 is 6.10 Å². The Balaban J connectivity index is 2.89. The van der Waals surface area contributed by atoms with Crippen molar-refractivity contribution in [2.75, 3.05) is 6.61 Å². The smallest absolute Gasteiger partial charge is 0.153 e. The Hall–Kier alpha value is -0.770. The van der Waals surface area contributed by atoms with Crippen LogP contribution < -0.4 is 4.74 Å². The van der Waals surface area contributed by atoms with Gasteiger partial charge in [0, 0.05) is 5.02 Å². The lowest BCUT2D eigenvalue weighted by Crippen LogP contribution is -2.16. The molecule has 1 rings (SSSR count). The van der Waals surface area contributed by atoms with Crippen molar-refractivity contribution >= 4 is 29.5 Å². The Morgan fingerprint density at radius 3 is 2.75 bits per heavy atom. The number of aldehydes is 1. The normalized spacial score (nSPS) is 12.2. The molecule has 1 aromatic carbocycles. The van der Waals surface area contributed by atoms with Gasteiger partial charge in [-0.1, -0.05) is 30.1 Å². The molecule has 5 heteroatoms. The number of carbonyl (C=O) groups is 1. The van der Waals surface area contributed by atoms with E-state index in [1.54, 1.807) is 0 Å². The van der Waals surface area contributed by atoms with Gasteiger partial charge < -0.3 is 9.84 Å². The highest BCUT2D eigenvalue weighted by Crippen LogP contribution is 2.31. The molecule has 0 bridgehead atoms. The molecule has 1 atom stereocenters. The third kappa shape index (κ3) is 3.37. The molecule has 0 heterocycles. The summed E-state index contributed by atoms with van der Waals surface area (Å²) in [6.45, 7) is 1.93. The highest BCUT2D eigenvalue weighted by molar-refractivity contribution is 6.36. The summed E-state index contributed by atoms with van der Waals surface area (Å²) in [5, 5.41) is 9.98.